The van der Waals surface area contributed by atoms with Crippen molar-refractivity contribution in [2.24, 2.45) is 5.73 Å². The number of fused-ring (bicyclic) bond motifs is 1. The summed E-state index contributed by atoms with van der Waals surface area (Å²) < 4.78 is 1.12. The van der Waals surface area contributed by atoms with Crippen LogP contribution in [-0.4, -0.2) is 51.8 Å². The molecule has 27 heavy (non-hydrogen) atoms. The average molecular weight is 373 g/mol. The zero-order valence-corrected chi connectivity index (χ0v) is 15.6. The maximum atomic E-state index is 12.7. The van der Waals surface area contributed by atoms with E-state index in [0.29, 0.717) is 25.0 Å². The molecule has 3 N–H and O–H groups in total. The summed E-state index contributed by atoms with van der Waals surface area (Å²) in [5, 5.41) is 3.03. The number of pyridine rings is 2. The lowest BCUT2D eigenvalue weighted by Crippen LogP contribution is -2.38. The molecule has 0 aromatic carbocycles. The highest BCUT2D eigenvalue weighted by Crippen LogP contribution is 2.14. The summed E-state index contributed by atoms with van der Waals surface area (Å²) in [7, 11) is 0. The molecule has 2 rings (SSSR count). The van der Waals surface area contributed by atoms with Crippen molar-refractivity contribution in [1.82, 2.24) is 19.8 Å². The number of carbonyl (C=O) groups is 3. The Morgan fingerprint density at radius 2 is 1.85 bits per heavy atom. The molecular weight excluding hydrogens is 350 g/mol. The van der Waals surface area contributed by atoms with Crippen LogP contribution in [0, 0.1) is 0 Å². The van der Waals surface area contributed by atoms with Gasteiger partial charge in [-0.05, 0) is 32.9 Å². The molecule has 9 nitrogen and oxygen atoms in total. The average Bonchev–Trinajstić information content (AvgIpc) is 2.64. The summed E-state index contributed by atoms with van der Waals surface area (Å²) in [6.45, 7) is 6.61. The molecule has 0 radical (unpaired) electrons. The molecule has 3 amide bonds. The zero-order valence-electron chi connectivity index (χ0n) is 15.6. The van der Waals surface area contributed by atoms with Crippen molar-refractivity contribution >= 4 is 28.8 Å². The summed E-state index contributed by atoms with van der Waals surface area (Å²) >= 11 is 0. The topological polar surface area (TPSA) is 127 Å². The molecule has 2 aromatic heterocycles. The number of rotatable bonds is 7. The number of aromatic nitrogens is 2. The molecule has 144 valence electrons. The monoisotopic (exact) mass is 373 g/mol. The minimum absolute atomic E-state index is 0.207. The number of primary amides is 1. The van der Waals surface area contributed by atoms with Gasteiger partial charge < -0.3 is 16.0 Å². The number of amides is 3. The first kappa shape index (κ1) is 20.1. The normalized spacial score (nSPS) is 10.6. The van der Waals surface area contributed by atoms with E-state index in [0.717, 1.165) is 4.57 Å². The minimum Gasteiger partial charge on any atom is -0.365 e. The Labute approximate surface area is 156 Å². The molecular formula is C18H23N5O4. The van der Waals surface area contributed by atoms with Gasteiger partial charge in [-0.25, -0.2) is 4.98 Å². The fraction of sp³-hybridized carbons (Fsp3) is 0.389. The van der Waals surface area contributed by atoms with Crippen molar-refractivity contribution in [2.75, 3.05) is 19.6 Å². The highest BCUT2D eigenvalue weighted by Gasteiger charge is 2.19. The first-order valence-corrected chi connectivity index (χ1v) is 8.73. The minimum atomic E-state index is -0.908. The molecule has 0 unspecified atom stereocenters. The molecule has 0 saturated carbocycles. The second-order valence-corrected chi connectivity index (χ2v) is 5.88. The standard InChI is InChI=1S/C18H23N5O4/c1-4-20-17(26)12-7-11-8-13(15(19)25)18(27)23(16(11)21-9-12)10-14(24)22(5-2)6-3/h7-9H,4-6,10H2,1-3H3,(H2,19,25)(H,20,26). The molecule has 2 aromatic rings. The van der Waals surface area contributed by atoms with Crippen molar-refractivity contribution in [3.8, 4) is 0 Å². The van der Waals surface area contributed by atoms with E-state index in [1.807, 2.05) is 13.8 Å². The van der Waals surface area contributed by atoms with Gasteiger partial charge in [0, 0.05) is 31.2 Å². The predicted molar refractivity (Wildman–Crippen MR) is 100 cm³/mol. The van der Waals surface area contributed by atoms with Crippen LogP contribution in [0.5, 0.6) is 0 Å². The lowest BCUT2D eigenvalue weighted by atomic mass is 10.1. The Morgan fingerprint density at radius 3 is 2.41 bits per heavy atom. The number of hydrogen-bond donors (Lipinski definition) is 2. The van der Waals surface area contributed by atoms with Gasteiger partial charge in [-0.15, -0.1) is 0 Å². The fourth-order valence-electron chi connectivity index (χ4n) is 2.79. The molecule has 0 saturated heterocycles. The van der Waals surface area contributed by atoms with Crippen LogP contribution in [0.3, 0.4) is 0 Å². The van der Waals surface area contributed by atoms with Gasteiger partial charge in [-0.3, -0.25) is 23.7 Å². The number of nitrogens with zero attached hydrogens (tertiary/aromatic N) is 3. The van der Waals surface area contributed by atoms with Gasteiger partial charge in [0.05, 0.1) is 5.56 Å². The number of nitrogens with one attached hydrogen (secondary N) is 1. The third-order valence-electron chi connectivity index (χ3n) is 4.20. The highest BCUT2D eigenvalue weighted by atomic mass is 16.2. The van der Waals surface area contributed by atoms with Gasteiger partial charge in [0.25, 0.3) is 17.4 Å². The fourth-order valence-corrected chi connectivity index (χ4v) is 2.79. The van der Waals surface area contributed by atoms with Gasteiger partial charge in [-0.2, -0.15) is 0 Å². The third kappa shape index (κ3) is 4.13. The van der Waals surface area contributed by atoms with Crippen LogP contribution >= 0.6 is 0 Å². The summed E-state index contributed by atoms with van der Waals surface area (Å²) in [6.07, 6.45) is 1.33. The van der Waals surface area contributed by atoms with Crippen molar-refractivity contribution in [3.05, 3.63) is 39.8 Å². The first-order valence-electron chi connectivity index (χ1n) is 8.73. The summed E-state index contributed by atoms with van der Waals surface area (Å²) in [6, 6.07) is 2.81. The van der Waals surface area contributed by atoms with Crippen molar-refractivity contribution in [2.45, 2.75) is 27.3 Å². The van der Waals surface area contributed by atoms with E-state index < -0.39 is 11.5 Å². The summed E-state index contributed by atoms with van der Waals surface area (Å²) in [4.78, 5) is 54.6. The van der Waals surface area contributed by atoms with Gasteiger partial charge in [0.1, 0.15) is 17.8 Å². The van der Waals surface area contributed by atoms with E-state index in [-0.39, 0.29) is 35.1 Å². The third-order valence-corrected chi connectivity index (χ3v) is 4.20. The Kier molecular flexibility index (Phi) is 6.27. The number of likely N-dealkylation sites (N-methyl/N-ethyl adjacent to an activating group) is 1. The Hall–Kier alpha value is -3.23. The van der Waals surface area contributed by atoms with E-state index in [2.05, 4.69) is 10.3 Å². The molecule has 0 aliphatic carbocycles. The van der Waals surface area contributed by atoms with Gasteiger partial charge in [0.15, 0.2) is 0 Å². The van der Waals surface area contributed by atoms with Crippen LogP contribution in [-0.2, 0) is 11.3 Å². The van der Waals surface area contributed by atoms with Crippen LogP contribution < -0.4 is 16.6 Å². The smallest absolute Gasteiger partial charge is 0.265 e. The Morgan fingerprint density at radius 1 is 1.19 bits per heavy atom. The maximum absolute atomic E-state index is 12.7. The van der Waals surface area contributed by atoms with E-state index in [1.165, 1.54) is 18.3 Å². The number of nitrogens with two attached hydrogens (primary N) is 1. The molecule has 0 aliphatic heterocycles. The SMILES string of the molecule is CCNC(=O)c1cnc2c(c1)cc(C(N)=O)c(=O)n2CC(=O)N(CC)CC. The van der Waals surface area contributed by atoms with Gasteiger partial charge in [0.2, 0.25) is 5.91 Å². The molecule has 2 heterocycles. The number of carbonyl (C=O) groups excluding carboxylic acids is 3. The molecule has 0 atom stereocenters. The van der Waals surface area contributed by atoms with E-state index in [4.69, 9.17) is 5.73 Å². The highest BCUT2D eigenvalue weighted by molar-refractivity contribution is 5.99. The zero-order chi connectivity index (χ0) is 20.1. The Bertz CT molecular complexity index is 947. The van der Waals surface area contributed by atoms with Crippen LogP contribution in [0.25, 0.3) is 11.0 Å². The van der Waals surface area contributed by atoms with E-state index >= 15 is 0 Å². The van der Waals surface area contributed by atoms with Crippen LogP contribution in [0.4, 0.5) is 0 Å². The lowest BCUT2D eigenvalue weighted by molar-refractivity contribution is -0.131. The van der Waals surface area contributed by atoms with Crippen LogP contribution in [0.1, 0.15) is 41.5 Å². The van der Waals surface area contributed by atoms with E-state index in [1.54, 1.807) is 11.8 Å². The first-order chi connectivity index (χ1) is 12.8. The van der Waals surface area contributed by atoms with E-state index in [9.17, 15) is 19.2 Å². The van der Waals surface area contributed by atoms with Crippen molar-refractivity contribution in [3.63, 3.8) is 0 Å². The molecule has 0 fully saturated rings. The molecule has 0 spiro atoms. The molecule has 9 heteroatoms. The van der Waals surface area contributed by atoms with Gasteiger partial charge in [-0.1, -0.05) is 0 Å². The van der Waals surface area contributed by atoms with Crippen molar-refractivity contribution < 1.29 is 14.4 Å². The largest absolute Gasteiger partial charge is 0.365 e. The Balaban J connectivity index is 2.64. The quantitative estimate of drug-likeness (QED) is 0.712. The van der Waals surface area contributed by atoms with Crippen LogP contribution in [0.15, 0.2) is 23.1 Å². The van der Waals surface area contributed by atoms with Crippen molar-refractivity contribution in [1.29, 1.82) is 0 Å². The second-order valence-electron chi connectivity index (χ2n) is 5.88. The molecule has 0 aliphatic rings. The number of hydrogen-bond acceptors (Lipinski definition) is 5. The maximum Gasteiger partial charge on any atom is 0.265 e. The second kappa shape index (κ2) is 8.43. The van der Waals surface area contributed by atoms with Crippen LogP contribution in [0.2, 0.25) is 0 Å². The summed E-state index contributed by atoms with van der Waals surface area (Å²) in [5.74, 6) is -1.52. The predicted octanol–water partition coefficient (Wildman–Crippen LogP) is 0.114. The summed E-state index contributed by atoms with van der Waals surface area (Å²) in [5.41, 5.74) is 4.85. The van der Waals surface area contributed by atoms with Gasteiger partial charge >= 0.3 is 0 Å². The molecule has 0 bridgehead atoms. The lowest BCUT2D eigenvalue weighted by Gasteiger charge is -2.20.